The van der Waals surface area contributed by atoms with Gasteiger partial charge in [0.1, 0.15) is 5.00 Å². The molecule has 2 N–H and O–H groups in total. The van der Waals surface area contributed by atoms with Crippen molar-refractivity contribution in [1.82, 2.24) is 9.62 Å². The van der Waals surface area contributed by atoms with Crippen LogP contribution < -0.4 is 10.6 Å². The summed E-state index contributed by atoms with van der Waals surface area (Å²) < 4.78 is 31.7. The first kappa shape index (κ1) is 24.9. The predicted molar refractivity (Wildman–Crippen MR) is 125 cm³/mol. The number of nitrogens with one attached hydrogen (secondary N) is 2. The van der Waals surface area contributed by atoms with Gasteiger partial charge in [0, 0.05) is 23.5 Å². The Labute approximate surface area is 197 Å². The van der Waals surface area contributed by atoms with Crippen LogP contribution in [-0.4, -0.2) is 50.8 Å². The molecule has 1 aliphatic rings. The van der Waals surface area contributed by atoms with Crippen molar-refractivity contribution < 1.29 is 27.5 Å². The van der Waals surface area contributed by atoms with E-state index in [0.29, 0.717) is 24.6 Å². The summed E-state index contributed by atoms with van der Waals surface area (Å²) in [5, 5.41) is 5.08. The van der Waals surface area contributed by atoms with Crippen molar-refractivity contribution in [2.24, 2.45) is 5.92 Å². The number of piperidine rings is 1. The second kappa shape index (κ2) is 10.0. The number of hydrogen-bond acceptors (Lipinski definition) is 7. The second-order valence-electron chi connectivity index (χ2n) is 8.00. The summed E-state index contributed by atoms with van der Waals surface area (Å²) in [6.45, 7) is 6.59. The van der Waals surface area contributed by atoms with Crippen molar-refractivity contribution in [1.29, 1.82) is 0 Å². The molecule has 1 aliphatic heterocycles. The number of carbonyl (C=O) groups is 3. The monoisotopic (exact) mass is 493 g/mol. The van der Waals surface area contributed by atoms with Crippen molar-refractivity contribution in [3.63, 3.8) is 0 Å². The van der Waals surface area contributed by atoms with E-state index in [1.807, 2.05) is 0 Å². The molecule has 3 amide bonds. The first-order valence-electron chi connectivity index (χ1n) is 10.5. The normalized spacial score (nSPS) is 15.2. The molecule has 11 heteroatoms. The van der Waals surface area contributed by atoms with Gasteiger partial charge in [0.15, 0.2) is 0 Å². The molecular weight excluding hydrogens is 466 g/mol. The third-order valence-corrected chi connectivity index (χ3v) is 8.77. The summed E-state index contributed by atoms with van der Waals surface area (Å²) in [6.07, 6.45) is 0.747. The van der Waals surface area contributed by atoms with Gasteiger partial charge < -0.3 is 10.1 Å². The summed E-state index contributed by atoms with van der Waals surface area (Å²) >= 11 is 1.21. The van der Waals surface area contributed by atoms with Gasteiger partial charge >= 0.3 is 6.09 Å². The van der Waals surface area contributed by atoms with E-state index in [1.54, 1.807) is 13.8 Å². The van der Waals surface area contributed by atoms with Gasteiger partial charge in [0.2, 0.25) is 10.0 Å². The number of imide groups is 1. The van der Waals surface area contributed by atoms with Crippen molar-refractivity contribution in [2.45, 2.75) is 38.5 Å². The highest BCUT2D eigenvalue weighted by atomic mass is 32.2. The number of methoxy groups -OCH3 is 1. The number of amides is 3. The Balaban J connectivity index is 1.77. The van der Waals surface area contributed by atoms with Crippen LogP contribution in [-0.2, 0) is 14.8 Å². The number of anilines is 1. The van der Waals surface area contributed by atoms with Crippen molar-refractivity contribution in [2.75, 3.05) is 25.5 Å². The zero-order chi connectivity index (χ0) is 24.3. The summed E-state index contributed by atoms with van der Waals surface area (Å²) in [4.78, 5) is 37.6. The zero-order valence-electron chi connectivity index (χ0n) is 18.9. The van der Waals surface area contributed by atoms with Crippen LogP contribution in [0.25, 0.3) is 0 Å². The fraction of sp³-hybridized carbons (Fsp3) is 0.409. The summed E-state index contributed by atoms with van der Waals surface area (Å²) in [7, 11) is -2.47. The van der Waals surface area contributed by atoms with Gasteiger partial charge in [0.25, 0.3) is 11.8 Å². The lowest BCUT2D eigenvalue weighted by molar-refractivity contribution is 0.0937. The lowest BCUT2D eigenvalue weighted by atomic mass is 10.0. The molecular formula is C22H27N3O6S2. The highest BCUT2D eigenvalue weighted by Gasteiger charge is 2.28. The standard InChI is InChI=1S/C22H27N3O6S2/c1-13-9-11-25(12-10-13)33(29,30)17-7-5-16(6-8-17)19(26)23-21-18(14(2)15(3)32-21)20(27)24-22(28)31-4/h5-8,13H,9-12H2,1-4H3,(H,23,26)(H,24,27,28). The number of nitrogens with zero attached hydrogens (tertiary/aromatic N) is 1. The van der Waals surface area contributed by atoms with E-state index in [0.717, 1.165) is 24.8 Å². The molecule has 9 nitrogen and oxygen atoms in total. The molecule has 1 saturated heterocycles. The molecule has 178 valence electrons. The first-order chi connectivity index (χ1) is 15.5. The summed E-state index contributed by atoms with van der Waals surface area (Å²) in [5.41, 5.74) is 1.05. The van der Waals surface area contributed by atoms with E-state index in [2.05, 4.69) is 22.3 Å². The van der Waals surface area contributed by atoms with Gasteiger partial charge in [-0.05, 0) is 62.4 Å². The van der Waals surface area contributed by atoms with E-state index in [1.165, 1.54) is 39.9 Å². The molecule has 0 aliphatic carbocycles. The van der Waals surface area contributed by atoms with Gasteiger partial charge in [0.05, 0.1) is 17.6 Å². The van der Waals surface area contributed by atoms with E-state index in [9.17, 15) is 22.8 Å². The SMILES string of the molecule is COC(=O)NC(=O)c1c(NC(=O)c2ccc(S(=O)(=O)N3CCC(C)CC3)cc2)sc(C)c1C. The maximum Gasteiger partial charge on any atom is 0.413 e. The third kappa shape index (κ3) is 5.43. The van der Waals surface area contributed by atoms with Crippen molar-refractivity contribution in [3.8, 4) is 0 Å². The van der Waals surface area contributed by atoms with Crippen LogP contribution in [0.3, 0.4) is 0 Å². The quantitative estimate of drug-likeness (QED) is 0.657. The van der Waals surface area contributed by atoms with Crippen LogP contribution in [0.1, 0.15) is 50.9 Å². The number of hydrogen-bond donors (Lipinski definition) is 2. The van der Waals surface area contributed by atoms with Crippen LogP contribution >= 0.6 is 11.3 Å². The van der Waals surface area contributed by atoms with Crippen molar-refractivity contribution >= 4 is 44.3 Å². The Bertz CT molecular complexity index is 1160. The number of thiophene rings is 1. The topological polar surface area (TPSA) is 122 Å². The smallest absolute Gasteiger partial charge is 0.413 e. The summed E-state index contributed by atoms with van der Waals surface area (Å²) in [5.74, 6) is -0.679. The van der Waals surface area contributed by atoms with Crippen LogP contribution in [0.15, 0.2) is 29.2 Å². The molecule has 1 aromatic carbocycles. The highest BCUT2D eigenvalue weighted by molar-refractivity contribution is 7.89. The highest BCUT2D eigenvalue weighted by Crippen LogP contribution is 2.33. The number of aryl methyl sites for hydroxylation is 1. The number of rotatable bonds is 5. The average molecular weight is 494 g/mol. The lowest BCUT2D eigenvalue weighted by Gasteiger charge is -2.29. The number of carbonyl (C=O) groups excluding carboxylic acids is 3. The van der Waals surface area contributed by atoms with E-state index in [-0.39, 0.29) is 21.0 Å². The first-order valence-corrected chi connectivity index (χ1v) is 12.7. The Hall–Kier alpha value is -2.76. The molecule has 2 aromatic rings. The number of alkyl carbamates (subject to hydrolysis) is 1. The number of benzene rings is 1. The Kier molecular flexibility index (Phi) is 7.55. The van der Waals surface area contributed by atoms with Gasteiger partial charge in [-0.1, -0.05) is 6.92 Å². The predicted octanol–water partition coefficient (Wildman–Crippen LogP) is 3.53. The van der Waals surface area contributed by atoms with E-state index >= 15 is 0 Å². The Morgan fingerprint density at radius 3 is 2.24 bits per heavy atom. The second-order valence-corrected chi connectivity index (χ2v) is 11.2. The molecule has 1 aromatic heterocycles. The van der Waals surface area contributed by atoms with Crippen LogP contribution in [0.2, 0.25) is 0 Å². The minimum Gasteiger partial charge on any atom is -0.453 e. The van der Waals surface area contributed by atoms with E-state index in [4.69, 9.17) is 0 Å². The molecule has 0 unspecified atom stereocenters. The largest absolute Gasteiger partial charge is 0.453 e. The number of sulfonamides is 1. The molecule has 0 radical (unpaired) electrons. The van der Waals surface area contributed by atoms with E-state index < -0.39 is 27.9 Å². The molecule has 3 rings (SSSR count). The molecule has 33 heavy (non-hydrogen) atoms. The molecule has 1 fully saturated rings. The third-order valence-electron chi connectivity index (χ3n) is 5.74. The fourth-order valence-electron chi connectivity index (χ4n) is 3.52. The fourth-order valence-corrected chi connectivity index (χ4v) is 6.05. The Morgan fingerprint density at radius 2 is 1.67 bits per heavy atom. The Morgan fingerprint density at radius 1 is 1.06 bits per heavy atom. The minimum atomic E-state index is -3.61. The lowest BCUT2D eigenvalue weighted by Crippen LogP contribution is -2.37. The van der Waals surface area contributed by atoms with Gasteiger partial charge in [-0.25, -0.2) is 13.2 Å². The maximum absolute atomic E-state index is 12.9. The minimum absolute atomic E-state index is 0.134. The molecule has 0 bridgehead atoms. The van der Waals surface area contributed by atoms with Gasteiger partial charge in [-0.3, -0.25) is 14.9 Å². The maximum atomic E-state index is 12.9. The molecule has 0 spiro atoms. The number of ether oxygens (including phenoxy) is 1. The van der Waals surface area contributed by atoms with Crippen LogP contribution in [0.5, 0.6) is 0 Å². The van der Waals surface area contributed by atoms with Crippen LogP contribution in [0.4, 0.5) is 9.80 Å². The van der Waals surface area contributed by atoms with Crippen LogP contribution in [0, 0.1) is 19.8 Å². The van der Waals surface area contributed by atoms with Gasteiger partial charge in [-0.15, -0.1) is 11.3 Å². The zero-order valence-corrected chi connectivity index (χ0v) is 20.6. The molecule has 2 heterocycles. The molecule has 0 saturated carbocycles. The summed E-state index contributed by atoms with van der Waals surface area (Å²) in [6, 6.07) is 5.71. The van der Waals surface area contributed by atoms with Gasteiger partial charge in [-0.2, -0.15) is 4.31 Å². The average Bonchev–Trinajstić information content (AvgIpc) is 3.06. The van der Waals surface area contributed by atoms with Crippen molar-refractivity contribution in [3.05, 3.63) is 45.8 Å². The molecule has 0 atom stereocenters.